The summed E-state index contributed by atoms with van der Waals surface area (Å²) in [6.07, 6.45) is 4.57. The van der Waals surface area contributed by atoms with Crippen LogP contribution in [0.4, 0.5) is 4.39 Å². The summed E-state index contributed by atoms with van der Waals surface area (Å²) in [7, 11) is 0. The molecule has 0 unspecified atom stereocenters. The molecule has 28 heavy (non-hydrogen) atoms. The fourth-order valence-corrected chi connectivity index (χ4v) is 2.98. The van der Waals surface area contributed by atoms with E-state index in [2.05, 4.69) is 16.0 Å². The molecule has 0 atom stereocenters. The van der Waals surface area contributed by atoms with E-state index in [4.69, 9.17) is 5.11 Å². The van der Waals surface area contributed by atoms with Crippen LogP contribution in [0.15, 0.2) is 35.7 Å². The van der Waals surface area contributed by atoms with E-state index in [9.17, 15) is 23.9 Å². The molecule has 1 aliphatic rings. The predicted octanol–water partition coefficient (Wildman–Crippen LogP) is 1.33. The highest BCUT2D eigenvalue weighted by Crippen LogP contribution is 2.18. The maximum Gasteiger partial charge on any atom is 0.322 e. The lowest BCUT2D eigenvalue weighted by molar-refractivity contribution is -0.138. The number of halogens is 1. The van der Waals surface area contributed by atoms with Gasteiger partial charge in [-0.25, -0.2) is 4.39 Å². The Hall–Kier alpha value is -3.10. The Kier molecular flexibility index (Phi) is 7.79. The molecule has 0 aliphatic heterocycles. The van der Waals surface area contributed by atoms with Gasteiger partial charge in [0.2, 0.25) is 5.88 Å². The van der Waals surface area contributed by atoms with E-state index in [-0.39, 0.29) is 18.2 Å². The molecular formula is C19H24FN3O5. The van der Waals surface area contributed by atoms with Crippen molar-refractivity contribution in [3.05, 3.63) is 47.1 Å². The van der Waals surface area contributed by atoms with Gasteiger partial charge in [0.25, 0.3) is 11.8 Å². The molecule has 152 valence electrons. The maximum absolute atomic E-state index is 13.7. The zero-order valence-electron chi connectivity index (χ0n) is 15.3. The van der Waals surface area contributed by atoms with Crippen LogP contribution in [0.25, 0.3) is 0 Å². The minimum atomic E-state index is -1.29. The molecule has 1 aromatic carbocycles. The van der Waals surface area contributed by atoms with Gasteiger partial charge in [0.1, 0.15) is 12.4 Å². The van der Waals surface area contributed by atoms with Crippen molar-refractivity contribution in [2.45, 2.75) is 44.7 Å². The van der Waals surface area contributed by atoms with Crippen molar-refractivity contribution in [1.82, 2.24) is 16.0 Å². The Morgan fingerprint density at radius 3 is 2.29 bits per heavy atom. The average Bonchev–Trinajstić information content (AvgIpc) is 2.66. The Morgan fingerprint density at radius 2 is 1.64 bits per heavy atom. The second-order valence-electron chi connectivity index (χ2n) is 6.55. The standard InChI is InChI=1S/C19H24FN3O5/c20-14-9-5-4-6-12(14)10-21-17(26)16(18(27)22-11-15(24)25)19(28)23-13-7-2-1-3-8-13/h4-6,9,13,23,28H,1-3,7-8,10-11H2,(H,21,26)(H,22,27)(H,24,25)/b19-16-. The van der Waals surface area contributed by atoms with Crippen molar-refractivity contribution >= 4 is 17.8 Å². The quantitative estimate of drug-likeness (QED) is 0.196. The second kappa shape index (κ2) is 10.3. The fraction of sp³-hybridized carbons (Fsp3) is 0.421. The van der Waals surface area contributed by atoms with Gasteiger partial charge in [-0.15, -0.1) is 0 Å². The molecule has 0 spiro atoms. The molecule has 0 saturated heterocycles. The number of carbonyl (C=O) groups is 3. The molecule has 1 fully saturated rings. The highest BCUT2D eigenvalue weighted by molar-refractivity contribution is 6.19. The average molecular weight is 393 g/mol. The van der Waals surface area contributed by atoms with Crippen LogP contribution in [0.5, 0.6) is 0 Å². The highest BCUT2D eigenvalue weighted by atomic mass is 19.1. The fourth-order valence-electron chi connectivity index (χ4n) is 2.98. The molecule has 5 N–H and O–H groups in total. The molecule has 1 aromatic rings. The van der Waals surface area contributed by atoms with Gasteiger partial charge in [-0.1, -0.05) is 37.5 Å². The van der Waals surface area contributed by atoms with Crippen LogP contribution in [0.3, 0.4) is 0 Å². The Balaban J connectivity index is 2.14. The third-order valence-electron chi connectivity index (χ3n) is 4.43. The monoisotopic (exact) mass is 393 g/mol. The van der Waals surface area contributed by atoms with Crippen LogP contribution in [0, 0.1) is 5.82 Å². The topological polar surface area (TPSA) is 128 Å². The summed E-state index contributed by atoms with van der Waals surface area (Å²) >= 11 is 0. The van der Waals surface area contributed by atoms with E-state index in [1.54, 1.807) is 6.07 Å². The summed E-state index contributed by atoms with van der Waals surface area (Å²) in [5, 5.41) is 26.3. The number of aliphatic hydroxyl groups is 1. The van der Waals surface area contributed by atoms with Gasteiger partial charge in [0.15, 0.2) is 5.57 Å². The number of hydrogen-bond donors (Lipinski definition) is 5. The second-order valence-corrected chi connectivity index (χ2v) is 6.55. The number of amides is 2. The van der Waals surface area contributed by atoms with Gasteiger partial charge in [-0.05, 0) is 18.9 Å². The number of hydrogen-bond acceptors (Lipinski definition) is 5. The number of nitrogens with one attached hydrogen (secondary N) is 3. The third kappa shape index (κ3) is 6.26. The molecular weight excluding hydrogens is 369 g/mol. The first-order valence-electron chi connectivity index (χ1n) is 9.10. The summed E-state index contributed by atoms with van der Waals surface area (Å²) < 4.78 is 13.7. The summed E-state index contributed by atoms with van der Waals surface area (Å²) in [5.41, 5.74) is -0.427. The summed E-state index contributed by atoms with van der Waals surface area (Å²) in [5.74, 6) is -4.41. The largest absolute Gasteiger partial charge is 0.494 e. The van der Waals surface area contributed by atoms with Crippen LogP contribution in [-0.2, 0) is 20.9 Å². The van der Waals surface area contributed by atoms with Crippen LogP contribution in [0.2, 0.25) is 0 Å². The Bertz CT molecular complexity index is 760. The highest BCUT2D eigenvalue weighted by Gasteiger charge is 2.26. The van der Waals surface area contributed by atoms with E-state index >= 15 is 0 Å². The van der Waals surface area contributed by atoms with Gasteiger partial charge in [-0.3, -0.25) is 14.4 Å². The van der Waals surface area contributed by atoms with Gasteiger partial charge in [0, 0.05) is 18.2 Å². The first kappa shape index (κ1) is 21.2. The molecule has 1 saturated carbocycles. The van der Waals surface area contributed by atoms with Crippen molar-refractivity contribution in [2.75, 3.05) is 6.54 Å². The van der Waals surface area contributed by atoms with Gasteiger partial charge < -0.3 is 26.2 Å². The Morgan fingerprint density at radius 1 is 1.00 bits per heavy atom. The van der Waals surface area contributed by atoms with Gasteiger partial charge in [0.05, 0.1) is 0 Å². The van der Waals surface area contributed by atoms with E-state index in [0.717, 1.165) is 32.1 Å². The first-order valence-corrected chi connectivity index (χ1v) is 9.10. The van der Waals surface area contributed by atoms with Crippen molar-refractivity contribution in [1.29, 1.82) is 0 Å². The molecule has 2 rings (SSSR count). The summed E-state index contributed by atoms with van der Waals surface area (Å²) in [6, 6.07) is 5.73. The molecule has 8 nitrogen and oxygen atoms in total. The zero-order valence-corrected chi connectivity index (χ0v) is 15.3. The molecule has 2 amide bonds. The van der Waals surface area contributed by atoms with Crippen LogP contribution >= 0.6 is 0 Å². The number of benzene rings is 1. The smallest absolute Gasteiger partial charge is 0.322 e. The van der Waals surface area contributed by atoms with Crippen molar-refractivity contribution < 1.29 is 29.0 Å². The van der Waals surface area contributed by atoms with Gasteiger partial charge in [-0.2, -0.15) is 0 Å². The van der Waals surface area contributed by atoms with Crippen molar-refractivity contribution in [2.24, 2.45) is 0 Å². The van der Waals surface area contributed by atoms with E-state index in [0.29, 0.717) is 0 Å². The predicted molar refractivity (Wildman–Crippen MR) is 98.6 cm³/mol. The number of carbonyl (C=O) groups excluding carboxylic acids is 2. The first-order chi connectivity index (χ1) is 13.4. The lowest BCUT2D eigenvalue weighted by Crippen LogP contribution is -2.41. The zero-order chi connectivity index (χ0) is 20.5. The summed E-state index contributed by atoms with van der Waals surface area (Å²) in [6.45, 7) is -0.905. The minimum Gasteiger partial charge on any atom is -0.494 e. The van der Waals surface area contributed by atoms with Gasteiger partial charge >= 0.3 is 5.97 Å². The van der Waals surface area contributed by atoms with E-state index < -0.39 is 41.6 Å². The molecule has 0 aromatic heterocycles. The van der Waals surface area contributed by atoms with Crippen LogP contribution in [0.1, 0.15) is 37.7 Å². The van der Waals surface area contributed by atoms with Crippen molar-refractivity contribution in [3.63, 3.8) is 0 Å². The number of aliphatic carboxylic acids is 1. The van der Waals surface area contributed by atoms with Crippen LogP contribution in [-0.4, -0.2) is 40.6 Å². The number of carboxylic acid groups (broad SMARTS) is 1. The maximum atomic E-state index is 13.7. The SMILES string of the molecule is O=C(O)CNC(=O)/C(C(=O)NCc1ccccc1F)=C(\O)NC1CCCCC1. The lowest BCUT2D eigenvalue weighted by atomic mass is 9.95. The van der Waals surface area contributed by atoms with E-state index in [1.165, 1.54) is 18.2 Å². The molecule has 0 bridgehead atoms. The third-order valence-corrected chi connectivity index (χ3v) is 4.43. The molecule has 0 heterocycles. The Labute approximate surface area is 161 Å². The summed E-state index contributed by atoms with van der Waals surface area (Å²) in [4.78, 5) is 35.5. The minimum absolute atomic E-state index is 0.0876. The lowest BCUT2D eigenvalue weighted by Gasteiger charge is -2.24. The molecule has 0 radical (unpaired) electrons. The number of aliphatic hydroxyl groups excluding tert-OH is 1. The normalized spacial score (nSPS) is 15.3. The van der Waals surface area contributed by atoms with Crippen LogP contribution < -0.4 is 16.0 Å². The van der Waals surface area contributed by atoms with E-state index in [1.807, 2.05) is 0 Å². The number of carboxylic acids is 1. The molecule has 1 aliphatic carbocycles. The van der Waals surface area contributed by atoms with Crippen molar-refractivity contribution in [3.8, 4) is 0 Å². The molecule has 9 heteroatoms. The number of rotatable bonds is 8.